The minimum Gasteiger partial charge on any atom is -0.493 e. The van der Waals surface area contributed by atoms with Crippen LogP contribution in [-0.4, -0.2) is 32.2 Å². The number of methoxy groups -OCH3 is 3. The van der Waals surface area contributed by atoms with Crippen LogP contribution in [-0.2, 0) is 0 Å². The molecule has 0 aliphatic carbocycles. The van der Waals surface area contributed by atoms with Gasteiger partial charge in [-0.1, -0.05) is 17.7 Å². The van der Waals surface area contributed by atoms with E-state index < -0.39 is 11.9 Å². The van der Waals surface area contributed by atoms with E-state index in [0.717, 1.165) is 5.56 Å². The lowest BCUT2D eigenvalue weighted by Crippen LogP contribution is -2.30. The largest absolute Gasteiger partial charge is 0.493 e. The number of rotatable bonds is 5. The molecule has 0 spiro atoms. The van der Waals surface area contributed by atoms with Crippen molar-refractivity contribution in [2.24, 2.45) is 0 Å². The second-order valence-corrected chi connectivity index (χ2v) is 7.90. The molecule has 1 aliphatic rings. The zero-order chi connectivity index (χ0) is 24.0. The van der Waals surface area contributed by atoms with E-state index in [4.69, 9.17) is 18.6 Å². The van der Waals surface area contributed by atoms with Crippen molar-refractivity contribution in [2.75, 3.05) is 26.2 Å². The summed E-state index contributed by atoms with van der Waals surface area (Å²) in [6.45, 7) is 1.90. The Hall–Kier alpha value is -4.33. The van der Waals surface area contributed by atoms with E-state index in [1.54, 1.807) is 48.7 Å². The molecule has 0 N–H and O–H groups in total. The molecule has 8 heteroatoms. The maximum atomic E-state index is 13.8. The number of aryl methyl sites for hydroxylation is 1. The van der Waals surface area contributed by atoms with Gasteiger partial charge in [-0.2, -0.15) is 0 Å². The third kappa shape index (κ3) is 3.18. The predicted octanol–water partition coefficient (Wildman–Crippen LogP) is 4.27. The molecule has 172 valence electrons. The van der Waals surface area contributed by atoms with Gasteiger partial charge in [0.15, 0.2) is 16.9 Å². The van der Waals surface area contributed by atoms with Gasteiger partial charge >= 0.3 is 0 Å². The summed E-state index contributed by atoms with van der Waals surface area (Å²) in [6.07, 6.45) is 1.59. The van der Waals surface area contributed by atoms with E-state index in [0.29, 0.717) is 39.6 Å². The molecule has 4 aromatic rings. The Kier molecular flexibility index (Phi) is 5.20. The number of benzene rings is 2. The summed E-state index contributed by atoms with van der Waals surface area (Å²) in [5, 5.41) is 0.409. The lowest BCUT2D eigenvalue weighted by molar-refractivity contribution is 0.0970. The highest BCUT2D eigenvalue weighted by Crippen LogP contribution is 2.46. The molecule has 2 aromatic heterocycles. The molecule has 0 radical (unpaired) electrons. The van der Waals surface area contributed by atoms with Crippen LogP contribution in [0.25, 0.3) is 11.0 Å². The molecule has 34 heavy (non-hydrogen) atoms. The van der Waals surface area contributed by atoms with Crippen LogP contribution in [0.1, 0.15) is 33.3 Å². The number of fused-ring (bicyclic) bond motifs is 2. The van der Waals surface area contributed by atoms with Crippen LogP contribution in [0.3, 0.4) is 0 Å². The summed E-state index contributed by atoms with van der Waals surface area (Å²) >= 11 is 0. The van der Waals surface area contributed by atoms with Crippen LogP contribution in [0, 0.1) is 6.92 Å². The highest BCUT2D eigenvalue weighted by molar-refractivity contribution is 6.10. The summed E-state index contributed by atoms with van der Waals surface area (Å²) < 4.78 is 22.5. The normalized spacial score (nSPS) is 14.9. The summed E-state index contributed by atoms with van der Waals surface area (Å²) in [4.78, 5) is 33.2. The zero-order valence-electron chi connectivity index (χ0n) is 19.1. The Balaban J connectivity index is 1.84. The van der Waals surface area contributed by atoms with Crippen LogP contribution in [0.15, 0.2) is 63.9 Å². The van der Waals surface area contributed by atoms with Crippen molar-refractivity contribution >= 4 is 22.7 Å². The van der Waals surface area contributed by atoms with Crippen molar-refractivity contribution in [1.82, 2.24) is 4.98 Å². The third-order valence-corrected chi connectivity index (χ3v) is 5.92. The van der Waals surface area contributed by atoms with E-state index in [9.17, 15) is 9.59 Å². The van der Waals surface area contributed by atoms with Gasteiger partial charge in [0, 0.05) is 6.20 Å². The maximum Gasteiger partial charge on any atom is 0.296 e. The first kappa shape index (κ1) is 21.5. The van der Waals surface area contributed by atoms with Gasteiger partial charge in [-0.05, 0) is 48.9 Å². The first-order valence-electron chi connectivity index (χ1n) is 10.6. The second kappa shape index (κ2) is 8.22. The minimum atomic E-state index is -0.813. The van der Waals surface area contributed by atoms with Gasteiger partial charge in [-0.15, -0.1) is 0 Å². The summed E-state index contributed by atoms with van der Waals surface area (Å²) in [6, 6.07) is 13.2. The highest BCUT2D eigenvalue weighted by Gasteiger charge is 2.44. The number of hydrogen-bond acceptors (Lipinski definition) is 7. The molecule has 1 atom stereocenters. The van der Waals surface area contributed by atoms with E-state index >= 15 is 0 Å². The number of carbonyl (C=O) groups excluding carboxylic acids is 1. The Morgan fingerprint density at radius 3 is 2.29 bits per heavy atom. The summed E-state index contributed by atoms with van der Waals surface area (Å²) in [5.74, 6) is 1.14. The smallest absolute Gasteiger partial charge is 0.296 e. The van der Waals surface area contributed by atoms with Crippen molar-refractivity contribution in [3.05, 3.63) is 87.4 Å². The van der Waals surface area contributed by atoms with Gasteiger partial charge in [0.1, 0.15) is 11.4 Å². The van der Waals surface area contributed by atoms with Crippen LogP contribution in [0.2, 0.25) is 0 Å². The molecular formula is C26H22N2O6. The van der Waals surface area contributed by atoms with E-state index in [1.807, 2.05) is 13.0 Å². The molecule has 0 bridgehead atoms. The zero-order valence-corrected chi connectivity index (χ0v) is 19.1. The number of hydrogen-bond donors (Lipinski definition) is 0. The highest BCUT2D eigenvalue weighted by atomic mass is 16.5. The summed E-state index contributed by atoms with van der Waals surface area (Å²) in [7, 11) is 4.53. The Bertz CT molecular complexity index is 1450. The number of nitrogens with zero attached hydrogens (tertiary/aromatic N) is 2. The third-order valence-electron chi connectivity index (χ3n) is 5.92. The molecule has 3 heterocycles. The molecule has 8 nitrogen and oxygen atoms in total. The first-order valence-corrected chi connectivity index (χ1v) is 10.6. The fourth-order valence-corrected chi connectivity index (χ4v) is 4.39. The molecule has 0 saturated carbocycles. The quantitative estimate of drug-likeness (QED) is 0.441. The number of ether oxygens (including phenoxy) is 3. The van der Waals surface area contributed by atoms with E-state index in [2.05, 4.69) is 4.98 Å². The number of pyridine rings is 1. The first-order chi connectivity index (χ1) is 16.5. The number of anilines is 1. The van der Waals surface area contributed by atoms with Crippen molar-refractivity contribution in [1.29, 1.82) is 0 Å². The van der Waals surface area contributed by atoms with Gasteiger partial charge in [0.2, 0.25) is 11.5 Å². The van der Waals surface area contributed by atoms with Crippen LogP contribution in [0.5, 0.6) is 17.2 Å². The standard InChI is InChI=1S/C26H22N2O6/c1-14-8-9-17-16(11-14)23(29)21-22(15-12-18(31-2)24(33-4)19(13-15)32-3)28(26(30)25(21)34-17)20-7-5-6-10-27-20/h5-13,22H,1-4H3. The molecule has 1 amide bonds. The number of carbonyl (C=O) groups is 1. The number of aromatic nitrogens is 1. The van der Waals surface area contributed by atoms with E-state index in [1.165, 1.54) is 26.2 Å². The van der Waals surface area contributed by atoms with Crippen molar-refractivity contribution in [3.8, 4) is 17.2 Å². The number of amides is 1. The van der Waals surface area contributed by atoms with Gasteiger partial charge < -0.3 is 18.6 Å². The predicted molar refractivity (Wildman–Crippen MR) is 126 cm³/mol. The topological polar surface area (TPSA) is 91.1 Å². The Morgan fingerprint density at radius 2 is 1.68 bits per heavy atom. The van der Waals surface area contributed by atoms with Crippen molar-refractivity contribution < 1.29 is 23.4 Å². The molecule has 1 unspecified atom stereocenters. The van der Waals surface area contributed by atoms with Gasteiger partial charge in [-0.25, -0.2) is 4.98 Å². The van der Waals surface area contributed by atoms with Crippen molar-refractivity contribution in [2.45, 2.75) is 13.0 Å². The average Bonchev–Trinajstić information content (AvgIpc) is 3.16. The van der Waals surface area contributed by atoms with Gasteiger partial charge in [0.25, 0.3) is 5.91 Å². The minimum absolute atomic E-state index is 0.00856. The monoisotopic (exact) mass is 458 g/mol. The van der Waals surface area contributed by atoms with Crippen LogP contribution in [0.4, 0.5) is 5.82 Å². The lowest BCUT2D eigenvalue weighted by Gasteiger charge is -2.25. The molecule has 0 saturated heterocycles. The molecular weight excluding hydrogens is 436 g/mol. The molecule has 5 rings (SSSR count). The molecule has 1 aliphatic heterocycles. The molecule has 0 fully saturated rings. The Morgan fingerprint density at radius 1 is 0.941 bits per heavy atom. The fraction of sp³-hybridized carbons (Fsp3) is 0.192. The fourth-order valence-electron chi connectivity index (χ4n) is 4.39. The lowest BCUT2D eigenvalue weighted by atomic mass is 9.97. The van der Waals surface area contributed by atoms with Crippen molar-refractivity contribution in [3.63, 3.8) is 0 Å². The average molecular weight is 458 g/mol. The Labute approximate surface area is 195 Å². The van der Waals surface area contributed by atoms with Gasteiger partial charge in [-0.3, -0.25) is 14.5 Å². The van der Waals surface area contributed by atoms with E-state index in [-0.39, 0.29) is 16.8 Å². The SMILES string of the molecule is COc1cc(C2c3c(oc4ccc(C)cc4c3=O)C(=O)N2c2ccccn2)cc(OC)c1OC. The van der Waals surface area contributed by atoms with Gasteiger partial charge in [0.05, 0.1) is 38.3 Å². The second-order valence-electron chi connectivity index (χ2n) is 7.90. The maximum absolute atomic E-state index is 13.8. The molecule has 2 aromatic carbocycles. The van der Waals surface area contributed by atoms with Crippen LogP contribution < -0.4 is 24.5 Å². The summed E-state index contributed by atoms with van der Waals surface area (Å²) in [5.41, 5.74) is 1.82. The van der Waals surface area contributed by atoms with Crippen LogP contribution >= 0.6 is 0 Å².